The molecule has 0 amide bonds. The Kier molecular flexibility index (Phi) is 5.32. The van der Waals surface area contributed by atoms with Crippen molar-refractivity contribution in [2.45, 2.75) is 27.3 Å². The molecule has 2 N–H and O–H groups in total. The number of rotatable bonds is 4. The summed E-state index contributed by atoms with van der Waals surface area (Å²) in [6, 6.07) is 14.4. The molecule has 0 radical (unpaired) electrons. The average Bonchev–Trinajstić information content (AvgIpc) is 2.86. The summed E-state index contributed by atoms with van der Waals surface area (Å²) in [5.74, 6) is -0.239. The number of benzene rings is 2. The topological polar surface area (TPSA) is 41.9 Å². The highest BCUT2D eigenvalue weighted by atomic mass is 32.1. The smallest absolute Gasteiger partial charge is 0.175 e. The van der Waals surface area contributed by atoms with Gasteiger partial charge in [-0.2, -0.15) is 5.10 Å². The predicted octanol–water partition coefficient (Wildman–Crippen LogP) is 4.80. The molecule has 0 spiro atoms. The third-order valence-electron chi connectivity index (χ3n) is 4.26. The predicted molar refractivity (Wildman–Crippen MR) is 108 cm³/mol. The van der Waals surface area contributed by atoms with Gasteiger partial charge in [-0.25, -0.2) is 4.39 Å². The Balaban J connectivity index is 1.74. The number of halogens is 1. The fraction of sp³-hybridized carbons (Fsp3) is 0.200. The van der Waals surface area contributed by atoms with E-state index < -0.39 is 0 Å². The highest BCUT2D eigenvalue weighted by molar-refractivity contribution is 7.80. The minimum Gasteiger partial charge on any atom is -0.332 e. The fourth-order valence-electron chi connectivity index (χ4n) is 2.77. The molecule has 0 saturated heterocycles. The van der Waals surface area contributed by atoms with Crippen LogP contribution < -0.4 is 10.6 Å². The second-order valence-electron chi connectivity index (χ2n) is 6.22. The summed E-state index contributed by atoms with van der Waals surface area (Å²) in [5.41, 5.74) is 5.80. The third kappa shape index (κ3) is 4.08. The van der Waals surface area contributed by atoms with Crippen molar-refractivity contribution in [3.05, 3.63) is 76.9 Å². The molecular formula is C20H21FN4S. The second kappa shape index (κ2) is 7.66. The number of hydrogen-bond donors (Lipinski definition) is 2. The molecule has 0 atom stereocenters. The maximum absolute atomic E-state index is 13.1. The molecule has 2 aromatic carbocycles. The van der Waals surface area contributed by atoms with Crippen LogP contribution in [-0.2, 0) is 6.54 Å². The summed E-state index contributed by atoms with van der Waals surface area (Å²) < 4.78 is 15.0. The van der Waals surface area contributed by atoms with Gasteiger partial charge in [-0.15, -0.1) is 0 Å². The van der Waals surface area contributed by atoms with Crippen LogP contribution in [0.25, 0.3) is 0 Å². The number of aromatic nitrogens is 2. The lowest BCUT2D eigenvalue weighted by molar-refractivity contribution is 0.622. The minimum atomic E-state index is -0.239. The first-order valence-electron chi connectivity index (χ1n) is 8.36. The monoisotopic (exact) mass is 368 g/mol. The number of anilines is 2. The van der Waals surface area contributed by atoms with Crippen molar-refractivity contribution >= 4 is 28.7 Å². The molecular weight excluding hydrogens is 347 g/mol. The van der Waals surface area contributed by atoms with Crippen LogP contribution in [0.4, 0.5) is 15.8 Å². The molecule has 3 aromatic rings. The van der Waals surface area contributed by atoms with E-state index in [0.29, 0.717) is 11.7 Å². The Bertz CT molecular complexity index is 931. The molecule has 3 rings (SSSR count). The summed E-state index contributed by atoms with van der Waals surface area (Å²) >= 11 is 5.45. The van der Waals surface area contributed by atoms with Crippen molar-refractivity contribution in [1.82, 2.24) is 9.78 Å². The lowest BCUT2D eigenvalue weighted by Gasteiger charge is -2.13. The van der Waals surface area contributed by atoms with Crippen LogP contribution in [-0.4, -0.2) is 14.9 Å². The first kappa shape index (κ1) is 18.1. The van der Waals surface area contributed by atoms with E-state index in [1.165, 1.54) is 12.1 Å². The average molecular weight is 368 g/mol. The number of thiocarbonyl (C=S) groups is 1. The fourth-order valence-corrected chi connectivity index (χ4v) is 2.99. The highest BCUT2D eigenvalue weighted by Crippen LogP contribution is 2.21. The number of nitrogens with zero attached hydrogens (tertiary/aromatic N) is 2. The van der Waals surface area contributed by atoms with Crippen LogP contribution in [0.2, 0.25) is 0 Å². The van der Waals surface area contributed by atoms with Crippen molar-refractivity contribution in [2.75, 3.05) is 10.6 Å². The zero-order valence-electron chi connectivity index (χ0n) is 15.0. The van der Waals surface area contributed by atoms with Gasteiger partial charge in [-0.3, -0.25) is 4.68 Å². The van der Waals surface area contributed by atoms with Gasteiger partial charge in [0.2, 0.25) is 0 Å². The SMILES string of the molecule is Cc1ccccc1NC(=S)Nc1c(C)nn(Cc2ccc(F)cc2)c1C. The summed E-state index contributed by atoms with van der Waals surface area (Å²) in [6.45, 7) is 6.53. The molecule has 26 heavy (non-hydrogen) atoms. The summed E-state index contributed by atoms with van der Waals surface area (Å²) in [6.07, 6.45) is 0. The molecule has 4 nitrogen and oxygen atoms in total. The van der Waals surface area contributed by atoms with Crippen molar-refractivity contribution in [3.8, 4) is 0 Å². The number of hydrogen-bond acceptors (Lipinski definition) is 2. The van der Waals surface area contributed by atoms with Crippen molar-refractivity contribution in [3.63, 3.8) is 0 Å². The first-order chi connectivity index (χ1) is 12.4. The summed E-state index contributed by atoms with van der Waals surface area (Å²) in [7, 11) is 0. The normalized spacial score (nSPS) is 10.6. The molecule has 6 heteroatoms. The second-order valence-corrected chi connectivity index (χ2v) is 6.63. The van der Waals surface area contributed by atoms with Crippen LogP contribution in [0, 0.1) is 26.6 Å². The van der Waals surface area contributed by atoms with E-state index in [1.54, 1.807) is 12.1 Å². The van der Waals surface area contributed by atoms with Crippen LogP contribution >= 0.6 is 12.2 Å². The molecule has 0 saturated carbocycles. The molecule has 0 unspecified atom stereocenters. The Morgan fingerprint density at radius 2 is 1.73 bits per heavy atom. The Morgan fingerprint density at radius 1 is 1.04 bits per heavy atom. The van der Waals surface area contributed by atoms with Gasteiger partial charge in [0.1, 0.15) is 5.82 Å². The lowest BCUT2D eigenvalue weighted by Crippen LogP contribution is -2.20. The molecule has 0 aliphatic carbocycles. The van der Waals surface area contributed by atoms with Crippen molar-refractivity contribution in [1.29, 1.82) is 0 Å². The molecule has 1 aromatic heterocycles. The summed E-state index contributed by atoms with van der Waals surface area (Å²) in [5, 5.41) is 11.6. The molecule has 0 fully saturated rings. The van der Waals surface area contributed by atoms with Gasteiger partial charge in [0.25, 0.3) is 0 Å². The molecule has 0 aliphatic rings. The standard InChI is InChI=1S/C20H21FN4S/c1-13-6-4-5-7-18(13)22-20(26)23-19-14(2)24-25(15(19)3)12-16-8-10-17(21)11-9-16/h4-11H,12H2,1-3H3,(H2,22,23,26). The maximum atomic E-state index is 13.1. The lowest BCUT2D eigenvalue weighted by atomic mass is 10.2. The molecule has 134 valence electrons. The summed E-state index contributed by atoms with van der Waals surface area (Å²) in [4.78, 5) is 0. The zero-order valence-corrected chi connectivity index (χ0v) is 15.8. The molecule has 0 aliphatic heterocycles. The number of nitrogens with one attached hydrogen (secondary N) is 2. The van der Waals surface area contributed by atoms with E-state index in [2.05, 4.69) is 15.7 Å². The van der Waals surface area contributed by atoms with Crippen molar-refractivity contribution in [2.24, 2.45) is 0 Å². The van der Waals surface area contributed by atoms with E-state index in [1.807, 2.05) is 49.7 Å². The van der Waals surface area contributed by atoms with Crippen LogP contribution in [0.3, 0.4) is 0 Å². The van der Waals surface area contributed by atoms with E-state index in [9.17, 15) is 4.39 Å². The number of aryl methyl sites for hydroxylation is 2. The van der Waals surface area contributed by atoms with Crippen LogP contribution in [0.15, 0.2) is 48.5 Å². The van der Waals surface area contributed by atoms with Crippen molar-refractivity contribution < 1.29 is 4.39 Å². The zero-order chi connectivity index (χ0) is 18.7. The van der Waals surface area contributed by atoms with Gasteiger partial charge >= 0.3 is 0 Å². The Labute approximate surface area is 158 Å². The third-order valence-corrected chi connectivity index (χ3v) is 4.46. The first-order valence-corrected chi connectivity index (χ1v) is 8.77. The van der Waals surface area contributed by atoms with Gasteiger partial charge < -0.3 is 10.6 Å². The highest BCUT2D eigenvalue weighted by Gasteiger charge is 2.13. The van der Waals surface area contributed by atoms with Crippen LogP contribution in [0.5, 0.6) is 0 Å². The van der Waals surface area contributed by atoms with Gasteiger partial charge in [-0.1, -0.05) is 30.3 Å². The van der Waals surface area contributed by atoms with E-state index >= 15 is 0 Å². The van der Waals surface area contributed by atoms with Gasteiger partial charge in [0, 0.05) is 5.69 Å². The largest absolute Gasteiger partial charge is 0.332 e. The maximum Gasteiger partial charge on any atom is 0.175 e. The van der Waals surface area contributed by atoms with E-state index in [4.69, 9.17) is 12.2 Å². The van der Waals surface area contributed by atoms with Gasteiger partial charge in [-0.05, 0) is 62.3 Å². The van der Waals surface area contributed by atoms with Gasteiger partial charge in [0.15, 0.2) is 5.11 Å². The minimum absolute atomic E-state index is 0.239. The van der Waals surface area contributed by atoms with E-state index in [0.717, 1.165) is 33.9 Å². The Hall–Kier alpha value is -2.73. The van der Waals surface area contributed by atoms with Gasteiger partial charge in [0.05, 0.1) is 23.6 Å². The van der Waals surface area contributed by atoms with Crippen LogP contribution in [0.1, 0.15) is 22.5 Å². The molecule has 1 heterocycles. The van der Waals surface area contributed by atoms with E-state index in [-0.39, 0.29) is 5.82 Å². The quantitative estimate of drug-likeness (QED) is 0.649. The Morgan fingerprint density at radius 3 is 2.42 bits per heavy atom. The number of para-hydroxylation sites is 1. The molecule has 0 bridgehead atoms.